The fourth-order valence-electron chi connectivity index (χ4n) is 5.18. The fraction of sp³-hybridized carbons (Fsp3) is 0.414. The summed E-state index contributed by atoms with van der Waals surface area (Å²) < 4.78 is 5.53. The van der Waals surface area contributed by atoms with Crippen molar-refractivity contribution < 1.29 is 9.53 Å². The number of para-hydroxylation sites is 2. The zero-order valence-electron chi connectivity index (χ0n) is 22.2. The van der Waals surface area contributed by atoms with Gasteiger partial charge in [0.15, 0.2) is 0 Å². The number of piperazine rings is 2. The van der Waals surface area contributed by atoms with Crippen LogP contribution >= 0.6 is 0 Å². The molecule has 3 aromatic rings. The number of ether oxygens (including phenoxy) is 1. The van der Waals surface area contributed by atoms with Crippen LogP contribution in [-0.4, -0.2) is 85.1 Å². The van der Waals surface area contributed by atoms with Gasteiger partial charge in [0.05, 0.1) is 18.5 Å². The van der Waals surface area contributed by atoms with Gasteiger partial charge in [0.25, 0.3) is 11.5 Å². The summed E-state index contributed by atoms with van der Waals surface area (Å²) in [7, 11) is 1.70. The van der Waals surface area contributed by atoms with Gasteiger partial charge in [-0.2, -0.15) is 0 Å². The van der Waals surface area contributed by atoms with E-state index in [2.05, 4.69) is 32.7 Å². The standard InChI is InChI=1S/C29H36N6O3/c1-3-22-8-10-23(11-9-22)28(37)34-16-18-35(19-17-34)29-30-24(20-27(36)31-29)21-32-12-14-33(15-13-32)25-6-4-5-7-26(25)38-2/h4-11,20H,3,12-19,21H2,1-2H3,(H,30,31,36). The van der Waals surface area contributed by atoms with Gasteiger partial charge >= 0.3 is 0 Å². The van der Waals surface area contributed by atoms with Gasteiger partial charge in [-0.25, -0.2) is 4.98 Å². The minimum Gasteiger partial charge on any atom is -0.495 e. The molecule has 2 fully saturated rings. The van der Waals surface area contributed by atoms with Crippen molar-refractivity contribution in [2.24, 2.45) is 0 Å². The van der Waals surface area contributed by atoms with Gasteiger partial charge in [-0.1, -0.05) is 31.2 Å². The summed E-state index contributed by atoms with van der Waals surface area (Å²) in [6.45, 7) is 8.69. The smallest absolute Gasteiger partial charge is 0.253 e. The van der Waals surface area contributed by atoms with Gasteiger partial charge in [0.1, 0.15) is 5.75 Å². The quantitative estimate of drug-likeness (QED) is 0.517. The summed E-state index contributed by atoms with van der Waals surface area (Å²) in [5, 5.41) is 0. The lowest BCUT2D eigenvalue weighted by atomic mass is 10.1. The molecule has 1 amide bonds. The van der Waals surface area contributed by atoms with Crippen molar-refractivity contribution in [2.45, 2.75) is 19.9 Å². The van der Waals surface area contributed by atoms with E-state index in [0.717, 1.165) is 55.3 Å². The third-order valence-electron chi connectivity index (χ3n) is 7.44. The molecule has 1 aromatic heterocycles. The molecular formula is C29H36N6O3. The van der Waals surface area contributed by atoms with Crippen molar-refractivity contribution >= 4 is 17.5 Å². The van der Waals surface area contributed by atoms with Crippen molar-refractivity contribution in [1.82, 2.24) is 19.8 Å². The Labute approximate surface area is 223 Å². The highest BCUT2D eigenvalue weighted by molar-refractivity contribution is 5.94. The van der Waals surface area contributed by atoms with Crippen LogP contribution in [0.1, 0.15) is 28.5 Å². The number of H-pyrrole nitrogens is 1. The first-order valence-corrected chi connectivity index (χ1v) is 13.4. The summed E-state index contributed by atoms with van der Waals surface area (Å²) in [6.07, 6.45) is 0.955. The first-order chi connectivity index (χ1) is 18.5. The number of hydrogen-bond donors (Lipinski definition) is 1. The Balaban J connectivity index is 1.17. The predicted molar refractivity (Wildman–Crippen MR) is 149 cm³/mol. The molecule has 1 N–H and O–H groups in total. The first kappa shape index (κ1) is 25.8. The minimum atomic E-state index is -0.146. The van der Waals surface area contributed by atoms with Gasteiger partial charge in [-0.3, -0.25) is 19.5 Å². The molecule has 0 atom stereocenters. The number of anilines is 2. The molecule has 0 bridgehead atoms. The van der Waals surface area contributed by atoms with Crippen LogP contribution in [-0.2, 0) is 13.0 Å². The zero-order chi connectivity index (χ0) is 26.5. The molecule has 0 aliphatic carbocycles. The van der Waals surface area contributed by atoms with Gasteiger partial charge in [-0.05, 0) is 36.2 Å². The average molecular weight is 517 g/mol. The van der Waals surface area contributed by atoms with Crippen molar-refractivity contribution in [3.8, 4) is 5.75 Å². The maximum Gasteiger partial charge on any atom is 0.253 e. The highest BCUT2D eigenvalue weighted by Gasteiger charge is 2.24. The minimum absolute atomic E-state index is 0.0507. The molecule has 2 aromatic carbocycles. The van der Waals surface area contributed by atoms with Crippen LogP contribution in [0.2, 0.25) is 0 Å². The Hall–Kier alpha value is -3.85. The van der Waals surface area contributed by atoms with Gasteiger partial charge in [-0.15, -0.1) is 0 Å². The second kappa shape index (κ2) is 11.7. The van der Waals surface area contributed by atoms with Gasteiger partial charge < -0.3 is 19.4 Å². The Morgan fingerprint density at radius 1 is 0.921 bits per heavy atom. The number of carbonyl (C=O) groups excluding carboxylic acids is 1. The van der Waals surface area contributed by atoms with Crippen LogP contribution in [0.5, 0.6) is 5.75 Å². The summed E-state index contributed by atoms with van der Waals surface area (Å²) in [4.78, 5) is 41.7. The lowest BCUT2D eigenvalue weighted by molar-refractivity contribution is 0.0746. The van der Waals surface area contributed by atoms with Crippen molar-refractivity contribution in [3.05, 3.63) is 81.8 Å². The van der Waals surface area contributed by atoms with E-state index in [1.165, 1.54) is 5.56 Å². The van der Waals surface area contributed by atoms with Crippen LogP contribution in [0.15, 0.2) is 59.4 Å². The molecule has 200 valence electrons. The normalized spacial score (nSPS) is 16.5. The molecule has 9 nitrogen and oxygen atoms in total. The number of rotatable bonds is 7. The second-order valence-corrected chi connectivity index (χ2v) is 9.83. The number of nitrogens with zero attached hydrogens (tertiary/aromatic N) is 5. The van der Waals surface area contributed by atoms with E-state index in [1.54, 1.807) is 13.2 Å². The maximum atomic E-state index is 12.9. The van der Waals surface area contributed by atoms with E-state index < -0.39 is 0 Å². The number of aromatic amines is 1. The summed E-state index contributed by atoms with van der Waals surface area (Å²) >= 11 is 0. The number of aromatic nitrogens is 2. The summed E-state index contributed by atoms with van der Waals surface area (Å²) in [5.41, 5.74) is 3.67. The van der Waals surface area contributed by atoms with Crippen LogP contribution < -0.4 is 20.1 Å². The number of methoxy groups -OCH3 is 1. The molecule has 0 saturated carbocycles. The molecule has 3 heterocycles. The van der Waals surface area contributed by atoms with Gasteiger partial charge in [0, 0.05) is 70.5 Å². The molecule has 38 heavy (non-hydrogen) atoms. The lowest BCUT2D eigenvalue weighted by Crippen LogP contribution is -2.49. The molecular weight excluding hydrogens is 480 g/mol. The lowest BCUT2D eigenvalue weighted by Gasteiger charge is -2.37. The Bertz CT molecular complexity index is 1290. The third-order valence-corrected chi connectivity index (χ3v) is 7.44. The second-order valence-electron chi connectivity index (χ2n) is 9.83. The highest BCUT2D eigenvalue weighted by atomic mass is 16.5. The molecule has 0 radical (unpaired) electrons. The molecule has 0 spiro atoms. The Morgan fingerprint density at radius 2 is 1.61 bits per heavy atom. The Kier molecular flexibility index (Phi) is 7.93. The molecule has 2 aliphatic heterocycles. The van der Waals surface area contributed by atoms with Crippen molar-refractivity contribution in [3.63, 3.8) is 0 Å². The molecule has 0 unspecified atom stereocenters. The van der Waals surface area contributed by atoms with E-state index in [4.69, 9.17) is 9.72 Å². The van der Waals surface area contributed by atoms with Crippen molar-refractivity contribution in [1.29, 1.82) is 0 Å². The fourth-order valence-corrected chi connectivity index (χ4v) is 5.18. The van der Waals surface area contributed by atoms with Crippen LogP contribution in [0, 0.1) is 0 Å². The van der Waals surface area contributed by atoms with E-state index in [-0.39, 0.29) is 11.5 Å². The van der Waals surface area contributed by atoms with Crippen LogP contribution in [0.25, 0.3) is 0 Å². The largest absolute Gasteiger partial charge is 0.495 e. The molecule has 2 aliphatic rings. The number of benzene rings is 2. The Morgan fingerprint density at radius 3 is 2.29 bits per heavy atom. The average Bonchev–Trinajstić information content (AvgIpc) is 2.97. The number of nitrogens with one attached hydrogen (secondary N) is 1. The number of carbonyl (C=O) groups is 1. The zero-order valence-corrected chi connectivity index (χ0v) is 22.2. The summed E-state index contributed by atoms with van der Waals surface area (Å²) in [5.74, 6) is 1.52. The van der Waals surface area contributed by atoms with Crippen LogP contribution in [0.4, 0.5) is 11.6 Å². The summed E-state index contributed by atoms with van der Waals surface area (Å²) in [6, 6.07) is 17.5. The topological polar surface area (TPSA) is 85.0 Å². The van der Waals surface area contributed by atoms with E-state index >= 15 is 0 Å². The van der Waals surface area contributed by atoms with E-state index in [1.807, 2.05) is 47.4 Å². The van der Waals surface area contributed by atoms with Gasteiger partial charge in [0.2, 0.25) is 5.95 Å². The predicted octanol–water partition coefficient (Wildman–Crippen LogP) is 2.63. The number of hydrogen-bond acceptors (Lipinski definition) is 7. The number of amides is 1. The third kappa shape index (κ3) is 5.83. The SMILES string of the molecule is CCc1ccc(C(=O)N2CCN(c3nc(CN4CCN(c5ccccc5OC)CC4)cc(=O)[nH]3)CC2)cc1. The van der Waals surface area contributed by atoms with E-state index in [0.29, 0.717) is 38.7 Å². The molecule has 5 rings (SSSR count). The molecule has 9 heteroatoms. The number of aryl methyl sites for hydroxylation is 1. The first-order valence-electron chi connectivity index (χ1n) is 13.4. The van der Waals surface area contributed by atoms with Crippen LogP contribution in [0.3, 0.4) is 0 Å². The highest BCUT2D eigenvalue weighted by Crippen LogP contribution is 2.28. The van der Waals surface area contributed by atoms with Crippen molar-refractivity contribution in [2.75, 3.05) is 69.3 Å². The van der Waals surface area contributed by atoms with E-state index in [9.17, 15) is 9.59 Å². The monoisotopic (exact) mass is 516 g/mol. The molecule has 2 saturated heterocycles. The maximum absolute atomic E-state index is 12.9.